The number of anilines is 1. The molecule has 0 saturated carbocycles. The van der Waals surface area contributed by atoms with Gasteiger partial charge >= 0.3 is 0 Å². The van der Waals surface area contributed by atoms with Crippen LogP contribution in [-0.4, -0.2) is 31.3 Å². The molecule has 2 heterocycles. The van der Waals surface area contributed by atoms with Crippen molar-refractivity contribution in [1.82, 2.24) is 9.13 Å². The van der Waals surface area contributed by atoms with Crippen molar-refractivity contribution in [3.8, 4) is 0 Å². The minimum Gasteiger partial charge on any atom is -0.388 e. The average molecular weight is 707 g/mol. The zero-order chi connectivity index (χ0) is 41.0. The average Bonchev–Trinajstić information content (AvgIpc) is 3.65. The third-order valence-corrected chi connectivity index (χ3v) is 6.54. The monoisotopic (exact) mass is 707 g/mol. The molecule has 0 aliphatic carbocycles. The van der Waals surface area contributed by atoms with Crippen LogP contribution in [0.4, 0.5) is 23.0 Å². The van der Waals surface area contributed by atoms with Gasteiger partial charge in [-0.3, -0.25) is 10.1 Å². The molecule has 284 valence electrons. The summed E-state index contributed by atoms with van der Waals surface area (Å²) in [6, 6.07) is 21.4. The number of nitrogens with zero attached hydrogens (tertiary/aromatic N) is 5. The van der Waals surface area contributed by atoms with Crippen LogP contribution >= 0.6 is 0 Å². The highest BCUT2D eigenvalue weighted by Gasteiger charge is 2.25. The molecule has 0 amide bonds. The first kappa shape index (κ1) is 52.9. The summed E-state index contributed by atoms with van der Waals surface area (Å²) in [4.78, 5) is 16.7. The van der Waals surface area contributed by atoms with E-state index in [1.54, 1.807) is 32.0 Å². The van der Waals surface area contributed by atoms with Crippen molar-refractivity contribution in [3.05, 3.63) is 128 Å². The van der Waals surface area contributed by atoms with Gasteiger partial charge in [0, 0.05) is 24.4 Å². The van der Waals surface area contributed by atoms with E-state index in [0.29, 0.717) is 17.2 Å². The van der Waals surface area contributed by atoms with E-state index in [1.807, 2.05) is 148 Å². The lowest BCUT2D eigenvalue weighted by molar-refractivity contribution is -0.386. The Bertz CT molecular complexity index is 1520. The van der Waals surface area contributed by atoms with Gasteiger partial charge in [-0.1, -0.05) is 98.9 Å². The van der Waals surface area contributed by atoms with E-state index < -0.39 is 16.1 Å². The number of nitrogens with one attached hydrogen (secondary N) is 1. The number of aliphatic hydroxyl groups is 2. The first-order valence-electron chi connectivity index (χ1n) is 17.4. The van der Waals surface area contributed by atoms with Crippen molar-refractivity contribution in [3.63, 3.8) is 0 Å². The Balaban J connectivity index is -0.000000273. The maximum atomic E-state index is 10.6. The van der Waals surface area contributed by atoms with Crippen LogP contribution in [0.5, 0.6) is 0 Å². The molecule has 0 atom stereocenters. The molecular formula is C41H66N6O4. The van der Waals surface area contributed by atoms with Crippen LogP contribution in [-0.2, 0) is 25.3 Å². The molecular weight excluding hydrogens is 640 g/mol. The Morgan fingerprint density at radius 3 is 1.20 bits per heavy atom. The topological polar surface area (TPSA) is 114 Å². The summed E-state index contributed by atoms with van der Waals surface area (Å²) in [5, 5.41) is 33.0. The maximum absolute atomic E-state index is 10.6. The van der Waals surface area contributed by atoms with Crippen molar-refractivity contribution in [2.75, 3.05) is 12.4 Å². The van der Waals surface area contributed by atoms with Gasteiger partial charge < -0.3 is 34.4 Å². The molecule has 4 rings (SSSR count). The zero-order valence-corrected chi connectivity index (χ0v) is 34.4. The number of hydrogen-bond donors (Lipinski definition) is 3. The Labute approximate surface area is 309 Å². The Hall–Kier alpha value is -4.90. The molecule has 51 heavy (non-hydrogen) atoms. The number of hydrogen-bond acceptors (Lipinski definition) is 5. The van der Waals surface area contributed by atoms with Crippen molar-refractivity contribution in [2.24, 2.45) is 14.1 Å². The molecule has 0 saturated heterocycles. The lowest BCUT2D eigenvalue weighted by Crippen LogP contribution is -2.17. The van der Waals surface area contributed by atoms with E-state index >= 15 is 0 Å². The summed E-state index contributed by atoms with van der Waals surface area (Å²) >= 11 is 0. The van der Waals surface area contributed by atoms with Gasteiger partial charge in [0.15, 0.2) is 0 Å². The van der Waals surface area contributed by atoms with Crippen molar-refractivity contribution >= 4 is 23.0 Å². The molecule has 2 aromatic carbocycles. The summed E-state index contributed by atoms with van der Waals surface area (Å²) in [5.41, 5.74) is 2.48. The third-order valence-electron chi connectivity index (χ3n) is 6.54. The minimum atomic E-state index is -1.18. The molecule has 0 spiro atoms. The maximum Gasteiger partial charge on any atom is 0.275 e. The SMILES string of the molecule is CC.CC.CC.CC.CC(C)(O)c1ccccc1[N+](=O)[O-].CNc1ccccc1C(C)(C)O.[C-]#[N+]c1ccc(C)n1C.[C-]#[N+]c1ccc(C)n1C. The van der Waals surface area contributed by atoms with Crippen LogP contribution < -0.4 is 5.32 Å². The molecule has 10 heteroatoms. The standard InChI is InChI=1S/C10H15NO.C9H11NO3.2C7H8N2.4C2H6/c1-10(2,12)8-6-4-5-7-9(8)11-3;1-9(2,11)7-5-3-4-6-8(7)10(12)13;2*1-6-4-5-7(8-2)9(6)3;4*1-2/h4-7,11-12H,1-3H3;3-6,11H,1-2H3;2*4-5H,1,3H3;4*1-2H3. The number of nitro groups is 1. The Kier molecular flexibility index (Phi) is 30.0. The summed E-state index contributed by atoms with van der Waals surface area (Å²) in [6.07, 6.45) is 0. The normalized spacial score (nSPS) is 9.20. The van der Waals surface area contributed by atoms with E-state index in [4.69, 9.17) is 13.1 Å². The number of benzene rings is 2. The zero-order valence-electron chi connectivity index (χ0n) is 34.4. The van der Waals surface area contributed by atoms with E-state index in [2.05, 4.69) is 15.0 Å². The summed E-state index contributed by atoms with van der Waals surface area (Å²) in [6.45, 7) is 40.0. The van der Waals surface area contributed by atoms with Gasteiger partial charge in [0.2, 0.25) is 11.6 Å². The molecule has 4 aromatic rings. The molecule has 3 N–H and O–H groups in total. The van der Waals surface area contributed by atoms with Crippen molar-refractivity contribution in [1.29, 1.82) is 0 Å². The van der Waals surface area contributed by atoms with Gasteiger partial charge in [-0.05, 0) is 77.9 Å². The second kappa shape index (κ2) is 28.9. The van der Waals surface area contributed by atoms with Gasteiger partial charge in [-0.25, -0.2) is 0 Å². The van der Waals surface area contributed by atoms with E-state index in [-0.39, 0.29) is 5.69 Å². The second-order valence-electron chi connectivity index (χ2n) is 10.7. The molecule has 0 fully saturated rings. The van der Waals surface area contributed by atoms with Crippen LogP contribution in [0.3, 0.4) is 0 Å². The summed E-state index contributed by atoms with van der Waals surface area (Å²) in [5.74, 6) is 1.40. The van der Waals surface area contributed by atoms with Gasteiger partial charge in [-0.15, -0.1) is 0 Å². The predicted molar refractivity (Wildman–Crippen MR) is 218 cm³/mol. The third kappa shape index (κ3) is 19.8. The highest BCUT2D eigenvalue weighted by molar-refractivity contribution is 5.52. The van der Waals surface area contributed by atoms with Crippen LogP contribution in [0.2, 0.25) is 0 Å². The fourth-order valence-electron chi connectivity index (χ4n) is 3.81. The van der Waals surface area contributed by atoms with Crippen LogP contribution in [0.25, 0.3) is 9.69 Å². The first-order chi connectivity index (χ1) is 24.0. The number of aryl methyl sites for hydroxylation is 2. The smallest absolute Gasteiger partial charge is 0.275 e. The fraction of sp³-hybridized carbons (Fsp3) is 0.463. The van der Waals surface area contributed by atoms with Crippen molar-refractivity contribution < 1.29 is 15.1 Å². The van der Waals surface area contributed by atoms with E-state index in [0.717, 1.165) is 22.6 Å². The Morgan fingerprint density at radius 1 is 0.647 bits per heavy atom. The molecule has 0 radical (unpaired) electrons. The summed E-state index contributed by atoms with van der Waals surface area (Å²) in [7, 11) is 5.63. The highest BCUT2D eigenvalue weighted by atomic mass is 16.6. The highest BCUT2D eigenvalue weighted by Crippen LogP contribution is 2.29. The number of rotatable bonds is 4. The Morgan fingerprint density at radius 2 is 0.980 bits per heavy atom. The fourth-order valence-corrected chi connectivity index (χ4v) is 3.81. The second-order valence-corrected chi connectivity index (χ2v) is 10.7. The quantitative estimate of drug-likeness (QED) is 0.111. The van der Waals surface area contributed by atoms with Gasteiger partial charge in [0.25, 0.3) is 5.69 Å². The van der Waals surface area contributed by atoms with Gasteiger partial charge in [0.1, 0.15) is 0 Å². The molecule has 0 bridgehead atoms. The van der Waals surface area contributed by atoms with E-state index in [1.165, 1.54) is 19.9 Å². The molecule has 0 aliphatic rings. The van der Waals surface area contributed by atoms with Gasteiger partial charge in [-0.2, -0.15) is 0 Å². The number of para-hydroxylation sites is 2. The minimum absolute atomic E-state index is 0.0463. The van der Waals surface area contributed by atoms with Crippen LogP contribution in [0.1, 0.15) is 106 Å². The molecule has 10 nitrogen and oxygen atoms in total. The largest absolute Gasteiger partial charge is 0.388 e. The number of aromatic nitrogens is 2. The van der Waals surface area contributed by atoms with Crippen molar-refractivity contribution in [2.45, 2.75) is 108 Å². The number of nitro benzene ring substituents is 1. The van der Waals surface area contributed by atoms with Crippen LogP contribution in [0, 0.1) is 37.1 Å². The predicted octanol–water partition coefficient (Wildman–Crippen LogP) is 11.7. The molecule has 2 aromatic heterocycles. The first-order valence-corrected chi connectivity index (χ1v) is 17.4. The molecule has 0 aliphatic heterocycles. The van der Waals surface area contributed by atoms with E-state index in [9.17, 15) is 20.3 Å². The lowest BCUT2D eigenvalue weighted by atomic mass is 9.97. The lowest BCUT2D eigenvalue weighted by Gasteiger charge is -2.21. The van der Waals surface area contributed by atoms with Crippen LogP contribution in [0.15, 0.2) is 72.8 Å². The van der Waals surface area contributed by atoms with Gasteiger partial charge in [0.05, 0.1) is 47.2 Å². The molecule has 0 unspecified atom stereocenters. The summed E-state index contributed by atoms with van der Waals surface area (Å²) < 4.78 is 3.74.